The number of rotatable bonds is 9. The normalized spacial score (nSPS) is 11.7. The van der Waals surface area contributed by atoms with Crippen molar-refractivity contribution < 1.29 is 17.9 Å². The molecule has 0 aliphatic carbocycles. The molecule has 2 nitrogen and oxygen atoms in total. The predicted molar refractivity (Wildman–Crippen MR) is 114 cm³/mol. The van der Waals surface area contributed by atoms with Gasteiger partial charge in [0.25, 0.3) is 0 Å². The van der Waals surface area contributed by atoms with Crippen LogP contribution in [0.5, 0.6) is 5.75 Å². The molecule has 154 valence electrons. The Kier molecular flexibility index (Phi) is 7.40. The minimum atomic E-state index is -2.85. The van der Waals surface area contributed by atoms with Gasteiger partial charge in [-0.3, -0.25) is 0 Å². The standard InChI is InChI=1S/C25H22F3NO/c1-2-19(20-12-14-22(15-13-20)30-25(27)28)8-6-7-18-11-16-23(26)24(17-18)29-21-9-4-3-5-10-21/h1,3-5,9-17,19,25,29H,6-8H2. The fourth-order valence-corrected chi connectivity index (χ4v) is 3.24. The van der Waals surface area contributed by atoms with Crippen molar-refractivity contribution in [1.82, 2.24) is 0 Å². The summed E-state index contributed by atoms with van der Waals surface area (Å²) in [7, 11) is 0. The Morgan fingerprint density at radius 1 is 0.967 bits per heavy atom. The van der Waals surface area contributed by atoms with Crippen molar-refractivity contribution in [1.29, 1.82) is 0 Å². The zero-order valence-electron chi connectivity index (χ0n) is 16.3. The van der Waals surface area contributed by atoms with Crippen LogP contribution in [-0.4, -0.2) is 6.61 Å². The largest absolute Gasteiger partial charge is 0.435 e. The number of aryl methyl sites for hydroxylation is 1. The molecule has 0 fully saturated rings. The third-order valence-electron chi connectivity index (χ3n) is 4.75. The van der Waals surface area contributed by atoms with Gasteiger partial charge in [0.1, 0.15) is 11.6 Å². The van der Waals surface area contributed by atoms with Gasteiger partial charge in [0.2, 0.25) is 0 Å². The summed E-state index contributed by atoms with van der Waals surface area (Å²) in [6.07, 6.45) is 7.95. The molecule has 0 saturated carbocycles. The Hall–Kier alpha value is -3.39. The van der Waals surface area contributed by atoms with Crippen LogP contribution >= 0.6 is 0 Å². The van der Waals surface area contributed by atoms with Gasteiger partial charge in [-0.25, -0.2) is 4.39 Å². The summed E-state index contributed by atoms with van der Waals surface area (Å²) in [4.78, 5) is 0. The third-order valence-corrected chi connectivity index (χ3v) is 4.75. The SMILES string of the molecule is C#CC(CCCc1ccc(F)c(Nc2ccccc2)c1)c1ccc(OC(F)F)cc1. The van der Waals surface area contributed by atoms with Gasteiger partial charge in [-0.1, -0.05) is 42.3 Å². The number of ether oxygens (including phenoxy) is 1. The number of para-hydroxylation sites is 1. The topological polar surface area (TPSA) is 21.3 Å². The molecule has 1 unspecified atom stereocenters. The second kappa shape index (κ2) is 10.4. The van der Waals surface area contributed by atoms with Gasteiger partial charge in [-0.15, -0.1) is 6.42 Å². The van der Waals surface area contributed by atoms with Crippen molar-refractivity contribution in [2.24, 2.45) is 0 Å². The molecule has 0 bridgehead atoms. The molecule has 1 atom stereocenters. The lowest BCUT2D eigenvalue weighted by Crippen LogP contribution is -2.02. The number of benzene rings is 3. The van der Waals surface area contributed by atoms with Gasteiger partial charge in [0, 0.05) is 11.6 Å². The predicted octanol–water partition coefficient (Wildman–Crippen LogP) is 6.91. The van der Waals surface area contributed by atoms with Crippen molar-refractivity contribution in [3.63, 3.8) is 0 Å². The summed E-state index contributed by atoms with van der Waals surface area (Å²) in [5.74, 6) is 2.42. The first-order chi connectivity index (χ1) is 14.5. The van der Waals surface area contributed by atoms with E-state index in [4.69, 9.17) is 6.42 Å². The van der Waals surface area contributed by atoms with Crippen LogP contribution in [0.1, 0.15) is 29.9 Å². The quantitative estimate of drug-likeness (QED) is 0.388. The van der Waals surface area contributed by atoms with Crippen molar-refractivity contribution in [3.05, 3.63) is 89.7 Å². The van der Waals surface area contributed by atoms with E-state index in [2.05, 4.69) is 16.0 Å². The highest BCUT2D eigenvalue weighted by molar-refractivity contribution is 5.60. The number of nitrogens with one attached hydrogen (secondary N) is 1. The highest BCUT2D eigenvalue weighted by Crippen LogP contribution is 2.26. The van der Waals surface area contributed by atoms with Gasteiger partial charge in [0.05, 0.1) is 5.69 Å². The van der Waals surface area contributed by atoms with Gasteiger partial charge in [0.15, 0.2) is 0 Å². The van der Waals surface area contributed by atoms with Crippen molar-refractivity contribution in [2.45, 2.75) is 31.8 Å². The van der Waals surface area contributed by atoms with E-state index in [0.29, 0.717) is 5.69 Å². The monoisotopic (exact) mass is 409 g/mol. The van der Waals surface area contributed by atoms with E-state index in [1.54, 1.807) is 18.2 Å². The van der Waals surface area contributed by atoms with Crippen molar-refractivity contribution in [2.75, 3.05) is 5.32 Å². The maximum Gasteiger partial charge on any atom is 0.387 e. The third kappa shape index (κ3) is 6.05. The Balaban J connectivity index is 1.58. The fourth-order valence-electron chi connectivity index (χ4n) is 3.24. The van der Waals surface area contributed by atoms with E-state index in [9.17, 15) is 13.2 Å². The summed E-state index contributed by atoms with van der Waals surface area (Å²) >= 11 is 0. The molecule has 0 spiro atoms. The Morgan fingerprint density at radius 2 is 1.70 bits per heavy atom. The van der Waals surface area contributed by atoms with E-state index in [0.717, 1.165) is 36.1 Å². The number of anilines is 2. The molecule has 0 aromatic heterocycles. The van der Waals surface area contributed by atoms with Crippen molar-refractivity contribution >= 4 is 11.4 Å². The Labute approximate surface area is 174 Å². The van der Waals surface area contributed by atoms with Gasteiger partial charge in [-0.2, -0.15) is 8.78 Å². The van der Waals surface area contributed by atoms with Crippen LogP contribution in [0.25, 0.3) is 0 Å². The molecule has 30 heavy (non-hydrogen) atoms. The Morgan fingerprint density at radius 3 is 2.37 bits per heavy atom. The molecule has 0 saturated heterocycles. The molecular formula is C25H22F3NO. The first kappa shape index (κ1) is 21.3. The average Bonchev–Trinajstić information content (AvgIpc) is 2.74. The van der Waals surface area contributed by atoms with Gasteiger partial charge >= 0.3 is 6.61 Å². The molecule has 0 aliphatic heterocycles. The minimum Gasteiger partial charge on any atom is -0.435 e. The molecule has 3 rings (SSSR count). The number of terminal acetylenes is 1. The molecule has 5 heteroatoms. The van der Waals surface area contributed by atoms with Crippen LogP contribution in [0.15, 0.2) is 72.8 Å². The van der Waals surface area contributed by atoms with E-state index in [-0.39, 0.29) is 17.5 Å². The average molecular weight is 409 g/mol. The molecule has 1 N–H and O–H groups in total. The van der Waals surface area contributed by atoms with E-state index >= 15 is 0 Å². The van der Waals surface area contributed by atoms with Crippen LogP contribution in [0.2, 0.25) is 0 Å². The first-order valence-electron chi connectivity index (χ1n) is 9.66. The van der Waals surface area contributed by atoms with Gasteiger partial charge < -0.3 is 10.1 Å². The van der Waals surface area contributed by atoms with Crippen LogP contribution in [0, 0.1) is 18.2 Å². The van der Waals surface area contributed by atoms with Gasteiger partial charge in [-0.05, 0) is 66.8 Å². The lowest BCUT2D eigenvalue weighted by atomic mass is 9.93. The zero-order chi connectivity index (χ0) is 21.3. The van der Waals surface area contributed by atoms with Crippen LogP contribution in [0.3, 0.4) is 0 Å². The van der Waals surface area contributed by atoms with Crippen molar-refractivity contribution in [3.8, 4) is 18.1 Å². The smallest absolute Gasteiger partial charge is 0.387 e. The van der Waals surface area contributed by atoms with Crippen LogP contribution < -0.4 is 10.1 Å². The second-order valence-electron chi connectivity index (χ2n) is 6.86. The molecule has 3 aromatic rings. The highest BCUT2D eigenvalue weighted by atomic mass is 19.3. The summed E-state index contributed by atoms with van der Waals surface area (Å²) in [5.41, 5.74) is 3.14. The maximum atomic E-state index is 14.1. The lowest BCUT2D eigenvalue weighted by Gasteiger charge is -2.13. The zero-order valence-corrected chi connectivity index (χ0v) is 16.3. The lowest BCUT2D eigenvalue weighted by molar-refractivity contribution is -0.0498. The van der Waals surface area contributed by atoms with E-state index in [1.807, 2.05) is 36.4 Å². The van der Waals surface area contributed by atoms with Crippen LogP contribution in [0.4, 0.5) is 24.5 Å². The minimum absolute atomic E-state index is 0.106. The summed E-state index contributed by atoms with van der Waals surface area (Å²) in [6, 6.07) is 20.9. The van der Waals surface area contributed by atoms with E-state index < -0.39 is 6.61 Å². The molecular weight excluding hydrogens is 387 g/mol. The summed E-state index contributed by atoms with van der Waals surface area (Å²) in [6.45, 7) is -2.85. The van der Waals surface area contributed by atoms with E-state index in [1.165, 1.54) is 18.2 Å². The molecule has 3 aromatic carbocycles. The first-order valence-corrected chi connectivity index (χ1v) is 9.66. The Bertz CT molecular complexity index is 982. The van der Waals surface area contributed by atoms with Crippen LogP contribution in [-0.2, 0) is 6.42 Å². The molecule has 0 amide bonds. The molecule has 0 heterocycles. The second-order valence-corrected chi connectivity index (χ2v) is 6.86. The number of hydrogen-bond acceptors (Lipinski definition) is 2. The number of alkyl halides is 2. The molecule has 0 aliphatic rings. The number of hydrogen-bond donors (Lipinski definition) is 1. The fraction of sp³-hybridized carbons (Fsp3) is 0.200. The number of halogens is 3. The maximum absolute atomic E-state index is 14.1. The molecule has 0 radical (unpaired) electrons. The summed E-state index contributed by atoms with van der Waals surface area (Å²) < 4.78 is 43.0. The highest BCUT2D eigenvalue weighted by Gasteiger charge is 2.11. The summed E-state index contributed by atoms with van der Waals surface area (Å²) in [5, 5.41) is 3.09.